The second-order valence-electron chi connectivity index (χ2n) is 7.92. The second-order valence-corrected chi connectivity index (χ2v) is 7.92. The van der Waals surface area contributed by atoms with E-state index >= 15 is 0 Å². The van der Waals surface area contributed by atoms with E-state index in [-0.39, 0.29) is 11.7 Å². The number of ether oxygens (including phenoxy) is 1. The average molecular weight is 403 g/mol. The van der Waals surface area contributed by atoms with Crippen LogP contribution in [0.1, 0.15) is 24.2 Å². The van der Waals surface area contributed by atoms with E-state index in [0.717, 1.165) is 43.9 Å². The highest BCUT2D eigenvalue weighted by atomic mass is 16.5. The molecule has 0 bridgehead atoms. The first kappa shape index (κ1) is 19.0. The lowest BCUT2D eigenvalue weighted by Gasteiger charge is -2.24. The Labute approximate surface area is 174 Å². The number of aryl methyl sites for hydroxylation is 1. The predicted molar refractivity (Wildman–Crippen MR) is 115 cm³/mol. The normalized spacial score (nSPS) is 16.8. The van der Waals surface area contributed by atoms with Gasteiger partial charge >= 0.3 is 0 Å². The Morgan fingerprint density at radius 1 is 1.07 bits per heavy atom. The van der Waals surface area contributed by atoms with Crippen molar-refractivity contribution in [3.8, 4) is 0 Å². The van der Waals surface area contributed by atoms with Crippen LogP contribution in [0.15, 0.2) is 59.4 Å². The van der Waals surface area contributed by atoms with Crippen molar-refractivity contribution in [2.24, 2.45) is 7.05 Å². The number of hydrogen-bond donors (Lipinski definition) is 0. The minimum Gasteiger partial charge on any atom is -0.377 e. The number of benzene rings is 2. The largest absolute Gasteiger partial charge is 0.377 e. The molecule has 2 aromatic carbocycles. The third-order valence-electron chi connectivity index (χ3n) is 5.79. The standard InChI is InChI=1S/C23H25N5O2/c1-26-22(29)19-11-5-6-12-20(19)28-21(24-25-23(26)28)16-27(15-18-10-7-13-30-18)14-17-8-3-2-4-9-17/h2-6,8-9,11-12,18H,7,10,13-16H2,1H3. The molecule has 1 aliphatic heterocycles. The van der Waals surface area contributed by atoms with E-state index in [9.17, 15) is 4.79 Å². The van der Waals surface area contributed by atoms with E-state index in [0.29, 0.717) is 17.7 Å². The molecule has 1 aliphatic rings. The third kappa shape index (κ3) is 3.51. The highest BCUT2D eigenvalue weighted by Crippen LogP contribution is 2.19. The smallest absolute Gasteiger partial charge is 0.262 e. The molecule has 30 heavy (non-hydrogen) atoms. The topological polar surface area (TPSA) is 64.7 Å². The van der Waals surface area contributed by atoms with Crippen LogP contribution in [-0.4, -0.2) is 43.3 Å². The Morgan fingerprint density at radius 2 is 1.87 bits per heavy atom. The molecule has 7 nitrogen and oxygen atoms in total. The molecule has 1 unspecified atom stereocenters. The van der Waals surface area contributed by atoms with Gasteiger partial charge in [-0.15, -0.1) is 10.2 Å². The van der Waals surface area contributed by atoms with Gasteiger partial charge in [0.05, 0.1) is 23.6 Å². The van der Waals surface area contributed by atoms with Gasteiger partial charge in [-0.1, -0.05) is 42.5 Å². The molecule has 0 saturated carbocycles. The Balaban J connectivity index is 1.54. The lowest BCUT2D eigenvalue weighted by atomic mass is 10.2. The molecule has 0 amide bonds. The van der Waals surface area contributed by atoms with Crippen molar-refractivity contribution in [1.29, 1.82) is 0 Å². The number of aromatic nitrogens is 4. The fraction of sp³-hybridized carbons (Fsp3) is 0.348. The SMILES string of the molecule is Cn1c(=O)c2ccccc2n2c(CN(Cc3ccccc3)CC3CCCO3)nnc12. The van der Waals surface area contributed by atoms with Crippen LogP contribution in [0.4, 0.5) is 0 Å². The monoisotopic (exact) mass is 403 g/mol. The van der Waals surface area contributed by atoms with Crippen molar-refractivity contribution < 1.29 is 4.74 Å². The molecule has 4 aromatic rings. The van der Waals surface area contributed by atoms with Gasteiger partial charge in [-0.3, -0.25) is 18.7 Å². The van der Waals surface area contributed by atoms with Crippen molar-refractivity contribution in [2.75, 3.05) is 13.2 Å². The highest BCUT2D eigenvalue weighted by molar-refractivity contribution is 5.80. The molecule has 0 N–H and O–H groups in total. The molecule has 5 rings (SSSR count). The molecule has 1 fully saturated rings. The number of rotatable bonds is 6. The van der Waals surface area contributed by atoms with Crippen molar-refractivity contribution in [3.05, 3.63) is 76.3 Å². The maximum absolute atomic E-state index is 12.7. The van der Waals surface area contributed by atoms with E-state index in [4.69, 9.17) is 4.74 Å². The van der Waals surface area contributed by atoms with E-state index in [1.165, 1.54) is 5.56 Å². The average Bonchev–Trinajstić information content (AvgIpc) is 3.43. The molecule has 1 atom stereocenters. The minimum atomic E-state index is -0.0578. The molecule has 154 valence electrons. The third-order valence-corrected chi connectivity index (χ3v) is 5.79. The highest BCUT2D eigenvalue weighted by Gasteiger charge is 2.22. The van der Waals surface area contributed by atoms with Gasteiger partial charge in [0.2, 0.25) is 5.78 Å². The zero-order valence-corrected chi connectivity index (χ0v) is 17.1. The van der Waals surface area contributed by atoms with Crippen molar-refractivity contribution in [3.63, 3.8) is 0 Å². The molecule has 3 heterocycles. The van der Waals surface area contributed by atoms with Gasteiger partial charge < -0.3 is 4.74 Å². The van der Waals surface area contributed by atoms with E-state index in [1.807, 2.05) is 34.7 Å². The van der Waals surface area contributed by atoms with Gasteiger partial charge in [0.15, 0.2) is 5.82 Å². The van der Waals surface area contributed by atoms with Gasteiger partial charge in [-0.2, -0.15) is 0 Å². The molecular weight excluding hydrogens is 378 g/mol. The first-order valence-corrected chi connectivity index (χ1v) is 10.4. The Morgan fingerprint density at radius 3 is 2.67 bits per heavy atom. The number of hydrogen-bond acceptors (Lipinski definition) is 5. The summed E-state index contributed by atoms with van der Waals surface area (Å²) in [4.78, 5) is 15.1. The van der Waals surface area contributed by atoms with Crippen molar-refractivity contribution >= 4 is 16.7 Å². The quantitative estimate of drug-likeness (QED) is 0.495. The number of fused-ring (bicyclic) bond motifs is 3. The fourth-order valence-electron chi connectivity index (χ4n) is 4.30. The van der Waals surface area contributed by atoms with E-state index in [1.54, 1.807) is 11.6 Å². The second kappa shape index (κ2) is 8.01. The summed E-state index contributed by atoms with van der Waals surface area (Å²) in [5.74, 6) is 1.39. The number of para-hydroxylation sites is 1. The lowest BCUT2D eigenvalue weighted by molar-refractivity contribution is 0.0669. The molecule has 7 heteroatoms. The Hall–Kier alpha value is -3.03. The van der Waals surface area contributed by atoms with Gasteiger partial charge in [-0.05, 0) is 30.5 Å². The van der Waals surface area contributed by atoms with Crippen molar-refractivity contribution in [2.45, 2.75) is 32.0 Å². The van der Waals surface area contributed by atoms with E-state index < -0.39 is 0 Å². The molecule has 0 radical (unpaired) electrons. The molecule has 2 aromatic heterocycles. The van der Waals surface area contributed by atoms with Crippen LogP contribution in [0.25, 0.3) is 16.7 Å². The van der Waals surface area contributed by atoms with Crippen LogP contribution >= 0.6 is 0 Å². The summed E-state index contributed by atoms with van der Waals surface area (Å²) in [7, 11) is 1.75. The van der Waals surface area contributed by atoms with Gasteiger partial charge in [0, 0.05) is 26.7 Å². The maximum atomic E-state index is 12.7. The summed E-state index contributed by atoms with van der Waals surface area (Å²) in [5, 5.41) is 9.48. The van der Waals surface area contributed by atoms with Crippen LogP contribution in [-0.2, 0) is 24.9 Å². The van der Waals surface area contributed by atoms with Gasteiger partial charge in [0.1, 0.15) is 0 Å². The summed E-state index contributed by atoms with van der Waals surface area (Å²) in [6.45, 7) is 3.11. The zero-order valence-electron chi connectivity index (χ0n) is 17.1. The van der Waals surface area contributed by atoms with Gasteiger partial charge in [0.25, 0.3) is 5.56 Å². The predicted octanol–water partition coefficient (Wildman–Crippen LogP) is 2.76. The molecule has 1 saturated heterocycles. The molecule has 0 spiro atoms. The lowest BCUT2D eigenvalue weighted by Crippen LogP contribution is -2.32. The zero-order chi connectivity index (χ0) is 20.5. The van der Waals surface area contributed by atoms with Crippen LogP contribution in [0.3, 0.4) is 0 Å². The molecular formula is C23H25N5O2. The minimum absolute atomic E-state index is 0.0578. The van der Waals surface area contributed by atoms with Gasteiger partial charge in [-0.25, -0.2) is 0 Å². The van der Waals surface area contributed by atoms with Crippen LogP contribution < -0.4 is 5.56 Å². The summed E-state index contributed by atoms with van der Waals surface area (Å²) >= 11 is 0. The maximum Gasteiger partial charge on any atom is 0.262 e. The van der Waals surface area contributed by atoms with Crippen LogP contribution in [0.2, 0.25) is 0 Å². The fourth-order valence-corrected chi connectivity index (χ4v) is 4.30. The molecule has 0 aliphatic carbocycles. The van der Waals surface area contributed by atoms with Crippen LogP contribution in [0, 0.1) is 0 Å². The van der Waals surface area contributed by atoms with E-state index in [2.05, 4.69) is 39.4 Å². The van der Waals surface area contributed by atoms with Crippen LogP contribution in [0.5, 0.6) is 0 Å². The number of nitrogens with zero attached hydrogens (tertiary/aromatic N) is 5. The first-order chi connectivity index (χ1) is 14.7. The Bertz CT molecular complexity index is 1230. The summed E-state index contributed by atoms with van der Waals surface area (Å²) < 4.78 is 9.48. The Kier molecular flexibility index (Phi) is 5.06. The summed E-state index contributed by atoms with van der Waals surface area (Å²) in [6, 6.07) is 18.1. The summed E-state index contributed by atoms with van der Waals surface area (Å²) in [6.07, 6.45) is 2.45. The summed E-state index contributed by atoms with van der Waals surface area (Å²) in [5.41, 5.74) is 2.03. The first-order valence-electron chi connectivity index (χ1n) is 10.4. The van der Waals surface area contributed by atoms with Crippen molar-refractivity contribution in [1.82, 2.24) is 24.1 Å².